The largest absolute Gasteiger partial charge is 0.310 e. The summed E-state index contributed by atoms with van der Waals surface area (Å²) in [6.07, 6.45) is 7.42. The molecule has 0 aliphatic heterocycles. The van der Waals surface area contributed by atoms with E-state index in [1.54, 1.807) is 0 Å². The minimum atomic E-state index is 0.387. The van der Waals surface area contributed by atoms with E-state index < -0.39 is 0 Å². The molecule has 7 aromatic rings. The molecule has 288 valence electrons. The highest BCUT2D eigenvalue weighted by molar-refractivity contribution is 6.04. The Balaban J connectivity index is 0.00000145. The number of allylic oxidation sites excluding steroid dienone is 4. The lowest BCUT2D eigenvalue weighted by Crippen LogP contribution is -2.12. The Morgan fingerprint density at radius 1 is 0.525 bits per heavy atom. The maximum absolute atomic E-state index is 3.22. The van der Waals surface area contributed by atoms with Crippen LogP contribution in [0, 0.1) is 6.92 Å². The Morgan fingerprint density at radius 3 is 1.81 bits per heavy atom. The molecule has 1 heteroatoms. The van der Waals surface area contributed by atoms with Gasteiger partial charge in [0.15, 0.2) is 0 Å². The molecule has 1 unspecified atom stereocenters. The van der Waals surface area contributed by atoms with Crippen molar-refractivity contribution in [3.63, 3.8) is 0 Å². The van der Waals surface area contributed by atoms with E-state index in [9.17, 15) is 0 Å². The highest BCUT2D eigenvalue weighted by Gasteiger charge is 2.28. The van der Waals surface area contributed by atoms with Crippen molar-refractivity contribution in [2.24, 2.45) is 0 Å². The van der Waals surface area contributed by atoms with Crippen molar-refractivity contribution in [3.8, 4) is 55.6 Å². The summed E-state index contributed by atoms with van der Waals surface area (Å²) in [6, 6.07) is 54.6. The van der Waals surface area contributed by atoms with Crippen molar-refractivity contribution in [3.05, 3.63) is 203 Å². The molecule has 0 heterocycles. The van der Waals surface area contributed by atoms with Gasteiger partial charge in [0.05, 0.1) is 5.69 Å². The number of fused-ring (bicyclic) bond motifs is 10. The number of rotatable bonds is 7. The minimum absolute atomic E-state index is 0.387. The molecule has 3 aliphatic rings. The predicted octanol–water partition coefficient (Wildman–Crippen LogP) is 16.6. The Hall–Kier alpha value is -6.62. The third-order valence-corrected chi connectivity index (χ3v) is 12.4. The first-order valence-corrected chi connectivity index (χ1v) is 21.4. The Kier molecular flexibility index (Phi) is 10.3. The van der Waals surface area contributed by atoms with E-state index in [-0.39, 0.29) is 0 Å². The van der Waals surface area contributed by atoms with Crippen LogP contribution in [0.2, 0.25) is 0 Å². The Morgan fingerprint density at radius 2 is 1.10 bits per heavy atom. The van der Waals surface area contributed by atoms with Crippen LogP contribution in [-0.2, 0) is 6.42 Å². The lowest BCUT2D eigenvalue weighted by Gasteiger charge is -2.30. The molecule has 3 aliphatic carbocycles. The summed E-state index contributed by atoms with van der Waals surface area (Å²) < 4.78 is 0. The molecule has 1 nitrogen and oxygen atoms in total. The zero-order valence-corrected chi connectivity index (χ0v) is 35.2. The molecule has 0 saturated carbocycles. The van der Waals surface area contributed by atoms with Gasteiger partial charge in [-0.2, -0.15) is 0 Å². The lowest BCUT2D eigenvalue weighted by atomic mass is 9.82. The van der Waals surface area contributed by atoms with Gasteiger partial charge in [-0.15, -0.1) is 0 Å². The molecule has 0 amide bonds. The fourth-order valence-corrected chi connectivity index (χ4v) is 9.40. The van der Waals surface area contributed by atoms with Crippen LogP contribution in [0.4, 0.5) is 17.1 Å². The van der Waals surface area contributed by atoms with Crippen LogP contribution in [-0.4, -0.2) is 0 Å². The summed E-state index contributed by atoms with van der Waals surface area (Å²) >= 11 is 0. The number of benzene rings is 7. The van der Waals surface area contributed by atoms with Crippen LogP contribution in [0.3, 0.4) is 0 Å². The molecule has 0 saturated heterocycles. The van der Waals surface area contributed by atoms with Gasteiger partial charge >= 0.3 is 0 Å². The lowest BCUT2D eigenvalue weighted by molar-refractivity contribution is 0.733. The molecule has 0 fully saturated rings. The van der Waals surface area contributed by atoms with Crippen LogP contribution in [0.1, 0.15) is 81.2 Å². The van der Waals surface area contributed by atoms with Crippen LogP contribution < -0.4 is 4.90 Å². The minimum Gasteiger partial charge on any atom is -0.310 e. The molecule has 10 rings (SSSR count). The molecule has 1 atom stereocenters. The maximum Gasteiger partial charge on any atom is 0.0543 e. The van der Waals surface area contributed by atoms with Crippen LogP contribution in [0.5, 0.6) is 0 Å². The van der Waals surface area contributed by atoms with Gasteiger partial charge in [0, 0.05) is 16.9 Å². The maximum atomic E-state index is 3.22. The second-order valence-corrected chi connectivity index (χ2v) is 16.2. The molecule has 0 aromatic heterocycles. The number of hydrogen-bond acceptors (Lipinski definition) is 1. The molecule has 59 heavy (non-hydrogen) atoms. The van der Waals surface area contributed by atoms with E-state index in [0.29, 0.717) is 5.92 Å². The van der Waals surface area contributed by atoms with Crippen LogP contribution >= 0.6 is 0 Å². The van der Waals surface area contributed by atoms with Crippen molar-refractivity contribution in [1.82, 2.24) is 0 Å². The summed E-state index contributed by atoms with van der Waals surface area (Å²) in [4.78, 5) is 2.50. The molecule has 7 aromatic carbocycles. The summed E-state index contributed by atoms with van der Waals surface area (Å²) in [5.41, 5.74) is 31.9. The first-order valence-electron chi connectivity index (χ1n) is 21.4. The van der Waals surface area contributed by atoms with Crippen molar-refractivity contribution < 1.29 is 0 Å². The molecule has 0 radical (unpaired) electrons. The van der Waals surface area contributed by atoms with Crippen LogP contribution in [0.15, 0.2) is 175 Å². The first kappa shape index (κ1) is 37.9. The smallest absolute Gasteiger partial charge is 0.0543 e. The number of anilines is 3. The van der Waals surface area contributed by atoms with E-state index in [1.165, 1.54) is 107 Å². The van der Waals surface area contributed by atoms with Gasteiger partial charge in [0.2, 0.25) is 0 Å². The Bertz CT molecular complexity index is 2890. The molecular formula is C58H51N. The third kappa shape index (κ3) is 6.64. The van der Waals surface area contributed by atoms with E-state index in [0.717, 1.165) is 24.2 Å². The van der Waals surface area contributed by atoms with Gasteiger partial charge in [-0.3, -0.25) is 0 Å². The highest BCUT2D eigenvalue weighted by atomic mass is 15.1. The fraction of sp³-hybridized carbons (Fsp3) is 0.172. The van der Waals surface area contributed by atoms with Gasteiger partial charge in [0.25, 0.3) is 0 Å². The number of nitrogens with zero attached hydrogens (tertiary/aromatic N) is 1. The third-order valence-electron chi connectivity index (χ3n) is 12.4. The second-order valence-electron chi connectivity index (χ2n) is 16.2. The quantitative estimate of drug-likeness (QED) is 0.146. The van der Waals surface area contributed by atoms with Gasteiger partial charge in [-0.25, -0.2) is 0 Å². The average Bonchev–Trinajstić information content (AvgIpc) is 3.63. The average molecular weight is 762 g/mol. The van der Waals surface area contributed by atoms with E-state index in [4.69, 9.17) is 0 Å². The van der Waals surface area contributed by atoms with Gasteiger partial charge in [0.1, 0.15) is 0 Å². The highest BCUT2D eigenvalue weighted by Crippen LogP contribution is 2.52. The topological polar surface area (TPSA) is 3.24 Å². The summed E-state index contributed by atoms with van der Waals surface area (Å²) in [5.74, 6) is 0.387. The van der Waals surface area contributed by atoms with Gasteiger partial charge < -0.3 is 4.90 Å². The SMILES string of the molecule is CCC.CCC(C)c1c(C2=C(C)C=C=C=C2)cccc1-c1ccc(N(c2ccc3c(c2)-c2ccccc2C3)c2ccc3c(C)c2-c2ccccc2-c2ccccc2-3)cc1. The predicted molar refractivity (Wildman–Crippen MR) is 253 cm³/mol. The summed E-state index contributed by atoms with van der Waals surface area (Å²) in [6.45, 7) is 13.4. The monoisotopic (exact) mass is 761 g/mol. The molecular weight excluding hydrogens is 711 g/mol. The van der Waals surface area contributed by atoms with E-state index in [1.807, 2.05) is 6.08 Å². The van der Waals surface area contributed by atoms with Crippen LogP contribution in [0.25, 0.3) is 61.2 Å². The summed E-state index contributed by atoms with van der Waals surface area (Å²) in [7, 11) is 0. The normalized spacial score (nSPS) is 13.1. The molecule has 0 N–H and O–H groups in total. The molecule has 2 bridgehead atoms. The van der Waals surface area contributed by atoms with E-state index >= 15 is 0 Å². The fourth-order valence-electron chi connectivity index (χ4n) is 9.40. The van der Waals surface area contributed by atoms with Crippen molar-refractivity contribution in [2.75, 3.05) is 4.90 Å². The van der Waals surface area contributed by atoms with Crippen molar-refractivity contribution >= 4 is 22.6 Å². The number of hydrogen-bond donors (Lipinski definition) is 0. The summed E-state index contributed by atoms with van der Waals surface area (Å²) in [5, 5.41) is 0. The zero-order valence-electron chi connectivity index (χ0n) is 35.2. The Labute approximate surface area is 351 Å². The van der Waals surface area contributed by atoms with Gasteiger partial charge in [-0.1, -0.05) is 161 Å². The van der Waals surface area contributed by atoms with E-state index in [2.05, 4.69) is 210 Å². The zero-order chi connectivity index (χ0) is 40.6. The standard InChI is InChI=1S/C55H43N.C3H8/c1-5-35(2)54-46(23-14-24-50(54)43-17-8-6-15-36(43)3)38-25-28-41(29-26-38)56(42-30-27-40-33-39-16-7-9-18-45(39)52(40)34-42)53-32-31-44-37(4)55(53)51-22-13-12-21-49(51)48-20-11-10-19-47(44)48;1-3-2/h7,9-32,34-35H,5,33H2,1-4H3;3H2,1-2H3. The van der Waals surface area contributed by atoms with Crippen molar-refractivity contribution in [2.45, 2.75) is 66.7 Å². The second kappa shape index (κ2) is 16.0. The van der Waals surface area contributed by atoms with Crippen molar-refractivity contribution in [1.29, 1.82) is 0 Å². The van der Waals surface area contributed by atoms with Gasteiger partial charge in [-0.05, 0) is 164 Å². The first-order chi connectivity index (χ1) is 28.9. The molecule has 0 spiro atoms.